The molecule has 2 N–H and O–H groups in total. The van der Waals surface area contributed by atoms with Gasteiger partial charge in [-0.1, -0.05) is 12.1 Å². The summed E-state index contributed by atoms with van der Waals surface area (Å²) in [5, 5.41) is 21.8. The predicted molar refractivity (Wildman–Crippen MR) is 66.8 cm³/mol. The summed E-state index contributed by atoms with van der Waals surface area (Å²) < 4.78 is 0. The average Bonchev–Trinajstić information content (AvgIpc) is 2.36. The number of carbonyl (C=O) groups excluding carboxylic acids is 1. The van der Waals surface area contributed by atoms with Gasteiger partial charge >= 0.3 is 0 Å². The summed E-state index contributed by atoms with van der Waals surface area (Å²) in [5.74, 6) is -0.358. The molecule has 6 heteroatoms. The highest BCUT2D eigenvalue weighted by Crippen LogP contribution is 2.13. The maximum atomic E-state index is 11.4. The summed E-state index contributed by atoms with van der Waals surface area (Å²) in [6.45, 7) is 1.52. The molecule has 1 rings (SSSR count). The van der Waals surface area contributed by atoms with Gasteiger partial charge in [-0.15, -0.1) is 0 Å². The van der Waals surface area contributed by atoms with Crippen LogP contribution >= 0.6 is 0 Å². The number of rotatable bonds is 5. The Balaban J connectivity index is 2.69. The first-order valence-corrected chi connectivity index (χ1v) is 5.37. The van der Waals surface area contributed by atoms with Gasteiger partial charge < -0.3 is 10.4 Å². The number of nitrogens with zero attached hydrogens (tertiary/aromatic N) is 1. The van der Waals surface area contributed by atoms with Gasteiger partial charge in [-0.05, 0) is 18.6 Å². The maximum Gasteiger partial charge on any atom is 0.270 e. The molecule has 0 heterocycles. The molecule has 0 radical (unpaired) electrons. The third kappa shape index (κ3) is 4.34. The van der Waals surface area contributed by atoms with Crippen molar-refractivity contribution in [3.8, 4) is 0 Å². The third-order valence-electron chi connectivity index (χ3n) is 2.17. The van der Waals surface area contributed by atoms with Crippen LogP contribution in [0.1, 0.15) is 12.5 Å². The maximum absolute atomic E-state index is 11.4. The Bertz CT molecular complexity index is 471. The number of benzene rings is 1. The predicted octanol–water partition coefficient (Wildman–Crippen LogP) is 1.11. The molecular formula is C12H14N2O4. The molecule has 96 valence electrons. The van der Waals surface area contributed by atoms with Gasteiger partial charge in [0.05, 0.1) is 11.5 Å². The zero-order valence-electron chi connectivity index (χ0n) is 9.87. The molecule has 1 aromatic carbocycles. The lowest BCUT2D eigenvalue weighted by atomic mass is 10.2. The van der Waals surface area contributed by atoms with Gasteiger partial charge in [-0.2, -0.15) is 0 Å². The molecule has 0 saturated heterocycles. The number of nitro groups is 1. The average molecular weight is 250 g/mol. The van der Waals surface area contributed by atoms with E-state index < -0.39 is 4.92 Å². The van der Waals surface area contributed by atoms with Crippen molar-refractivity contribution in [2.45, 2.75) is 13.0 Å². The van der Waals surface area contributed by atoms with E-state index in [1.165, 1.54) is 24.3 Å². The molecule has 6 nitrogen and oxygen atoms in total. The molecule has 0 fully saturated rings. The topological polar surface area (TPSA) is 92.5 Å². The minimum Gasteiger partial charge on any atom is -0.394 e. The molecule has 0 aromatic heterocycles. The fraction of sp³-hybridized carbons (Fsp3) is 0.250. The van der Waals surface area contributed by atoms with E-state index >= 15 is 0 Å². The van der Waals surface area contributed by atoms with Gasteiger partial charge in [0, 0.05) is 24.3 Å². The van der Waals surface area contributed by atoms with Gasteiger partial charge in [-0.25, -0.2) is 0 Å². The molecule has 1 unspecified atom stereocenters. The fourth-order valence-electron chi connectivity index (χ4n) is 1.25. The molecule has 0 aliphatic rings. The number of hydrogen-bond acceptors (Lipinski definition) is 4. The van der Waals surface area contributed by atoms with Gasteiger partial charge in [0.25, 0.3) is 5.69 Å². The first-order valence-electron chi connectivity index (χ1n) is 5.37. The fourth-order valence-corrected chi connectivity index (χ4v) is 1.25. The number of aliphatic hydroxyl groups is 1. The minimum atomic E-state index is -0.495. The summed E-state index contributed by atoms with van der Waals surface area (Å²) >= 11 is 0. The minimum absolute atomic E-state index is 0.0266. The zero-order chi connectivity index (χ0) is 13.5. The first kappa shape index (κ1) is 13.9. The Kier molecular flexibility index (Phi) is 5.01. The largest absolute Gasteiger partial charge is 0.394 e. The highest BCUT2D eigenvalue weighted by Gasteiger charge is 2.05. The van der Waals surface area contributed by atoms with Crippen molar-refractivity contribution in [2.75, 3.05) is 6.61 Å². The van der Waals surface area contributed by atoms with Crippen LogP contribution in [0.2, 0.25) is 0 Å². The van der Waals surface area contributed by atoms with Crippen LogP contribution in [-0.4, -0.2) is 28.6 Å². The van der Waals surface area contributed by atoms with Crippen LogP contribution in [0.4, 0.5) is 5.69 Å². The van der Waals surface area contributed by atoms with E-state index in [-0.39, 0.29) is 24.2 Å². The smallest absolute Gasteiger partial charge is 0.270 e. The molecular weight excluding hydrogens is 236 g/mol. The SMILES string of the molecule is CC(CO)NC(=O)/C=C/c1cccc([N+](=O)[O-])c1. The van der Waals surface area contributed by atoms with E-state index in [2.05, 4.69) is 5.32 Å². The Labute approximate surface area is 104 Å². The normalized spacial score (nSPS) is 12.3. The lowest BCUT2D eigenvalue weighted by Gasteiger charge is -2.07. The van der Waals surface area contributed by atoms with Crippen LogP contribution in [0.3, 0.4) is 0 Å². The van der Waals surface area contributed by atoms with Gasteiger partial charge in [0.15, 0.2) is 0 Å². The van der Waals surface area contributed by atoms with Crippen LogP contribution < -0.4 is 5.32 Å². The summed E-state index contributed by atoms with van der Waals surface area (Å²) in [4.78, 5) is 21.4. The molecule has 0 bridgehead atoms. The van der Waals surface area contributed by atoms with E-state index in [9.17, 15) is 14.9 Å². The lowest BCUT2D eigenvalue weighted by molar-refractivity contribution is -0.384. The van der Waals surface area contributed by atoms with Crippen LogP contribution in [-0.2, 0) is 4.79 Å². The second-order valence-corrected chi connectivity index (χ2v) is 3.78. The Morgan fingerprint density at radius 1 is 1.61 bits per heavy atom. The van der Waals surface area contributed by atoms with Gasteiger partial charge in [0.1, 0.15) is 0 Å². The van der Waals surface area contributed by atoms with E-state index in [1.807, 2.05) is 0 Å². The van der Waals surface area contributed by atoms with E-state index in [4.69, 9.17) is 5.11 Å². The van der Waals surface area contributed by atoms with Crippen molar-refractivity contribution < 1.29 is 14.8 Å². The summed E-state index contributed by atoms with van der Waals surface area (Å²) in [6.07, 6.45) is 2.75. The van der Waals surface area contributed by atoms with Crippen molar-refractivity contribution >= 4 is 17.7 Å². The molecule has 0 saturated carbocycles. The van der Waals surface area contributed by atoms with Crippen molar-refractivity contribution in [3.63, 3.8) is 0 Å². The van der Waals surface area contributed by atoms with Gasteiger partial charge in [-0.3, -0.25) is 14.9 Å². The second-order valence-electron chi connectivity index (χ2n) is 3.78. The Hall–Kier alpha value is -2.21. The van der Waals surface area contributed by atoms with E-state index in [0.717, 1.165) is 0 Å². The van der Waals surface area contributed by atoms with Crippen molar-refractivity contribution in [1.82, 2.24) is 5.32 Å². The van der Waals surface area contributed by atoms with Crippen LogP contribution in [0, 0.1) is 10.1 Å². The number of carbonyl (C=O) groups is 1. The second kappa shape index (κ2) is 6.51. The highest BCUT2D eigenvalue weighted by atomic mass is 16.6. The van der Waals surface area contributed by atoms with E-state index in [1.54, 1.807) is 19.1 Å². The van der Waals surface area contributed by atoms with Crippen LogP contribution in [0.5, 0.6) is 0 Å². The molecule has 18 heavy (non-hydrogen) atoms. The van der Waals surface area contributed by atoms with Crippen molar-refractivity contribution in [2.24, 2.45) is 0 Å². The zero-order valence-corrected chi connectivity index (χ0v) is 9.87. The standard InChI is InChI=1S/C12H14N2O4/c1-9(8-15)13-12(16)6-5-10-3-2-4-11(7-10)14(17)18/h2-7,9,15H,8H2,1H3,(H,13,16)/b6-5+. The third-order valence-corrected chi connectivity index (χ3v) is 2.17. The number of amides is 1. The number of nitro benzene ring substituents is 1. The number of nitrogens with one attached hydrogen (secondary N) is 1. The molecule has 1 aromatic rings. The molecule has 1 amide bonds. The Morgan fingerprint density at radius 2 is 2.33 bits per heavy atom. The van der Waals surface area contributed by atoms with Crippen molar-refractivity contribution in [3.05, 3.63) is 46.0 Å². The molecule has 0 aliphatic heterocycles. The van der Waals surface area contributed by atoms with Crippen LogP contribution in [0.15, 0.2) is 30.3 Å². The quantitative estimate of drug-likeness (QED) is 0.465. The number of non-ortho nitro benzene ring substituents is 1. The monoisotopic (exact) mass is 250 g/mol. The number of hydrogen-bond donors (Lipinski definition) is 2. The van der Waals surface area contributed by atoms with E-state index in [0.29, 0.717) is 5.56 Å². The molecule has 0 aliphatic carbocycles. The van der Waals surface area contributed by atoms with Crippen LogP contribution in [0.25, 0.3) is 6.08 Å². The van der Waals surface area contributed by atoms with Gasteiger partial charge in [0.2, 0.25) is 5.91 Å². The Morgan fingerprint density at radius 3 is 2.94 bits per heavy atom. The first-order chi connectivity index (χ1) is 8.52. The lowest BCUT2D eigenvalue weighted by Crippen LogP contribution is -2.33. The molecule has 1 atom stereocenters. The summed E-state index contributed by atoms with van der Waals surface area (Å²) in [6, 6.07) is 5.63. The van der Waals surface area contributed by atoms with Crippen molar-refractivity contribution in [1.29, 1.82) is 0 Å². The molecule has 0 spiro atoms. The summed E-state index contributed by atoms with van der Waals surface area (Å²) in [7, 11) is 0. The number of aliphatic hydroxyl groups excluding tert-OH is 1. The summed E-state index contributed by atoms with van der Waals surface area (Å²) in [5.41, 5.74) is 0.539. The highest BCUT2D eigenvalue weighted by molar-refractivity contribution is 5.91.